The number of hydrogen-bond donors (Lipinski definition) is 0. The first-order valence-electron chi connectivity index (χ1n) is 12.8. The van der Waals surface area contributed by atoms with Crippen LogP contribution < -0.4 is 0 Å². The number of nitrogens with zero attached hydrogens (tertiary/aromatic N) is 3. The molecule has 0 amide bonds. The first-order valence-corrected chi connectivity index (χ1v) is 23.5. The number of hydrogen-bond acceptors (Lipinski definition) is 4. The van der Waals surface area contributed by atoms with Gasteiger partial charge in [0.25, 0.3) is 0 Å². The van der Waals surface area contributed by atoms with Crippen LogP contribution in [0, 0.1) is 0 Å². The Morgan fingerprint density at radius 2 is 0.825 bits per heavy atom. The molecule has 0 aromatic carbocycles. The molecule has 0 radical (unpaired) electrons. The van der Waals surface area contributed by atoms with E-state index in [4.69, 9.17) is 0 Å². The van der Waals surface area contributed by atoms with Crippen LogP contribution in [0.5, 0.6) is 0 Å². The van der Waals surface area contributed by atoms with Gasteiger partial charge in [0.15, 0.2) is 0 Å². The van der Waals surface area contributed by atoms with Gasteiger partial charge in [-0.15, -0.1) is 0 Å². The quantitative estimate of drug-likeness (QED) is 0.214. The molecule has 0 atom stereocenters. The Morgan fingerprint density at radius 3 is 0.850 bits per heavy atom. The van der Waals surface area contributed by atoms with E-state index in [0.29, 0.717) is 0 Å². The van der Waals surface area contributed by atoms with E-state index in [1.807, 2.05) is 134 Å². The van der Waals surface area contributed by atoms with Crippen molar-refractivity contribution in [2.75, 3.05) is 0 Å². The van der Waals surface area contributed by atoms with Crippen molar-refractivity contribution in [2.24, 2.45) is 15.0 Å². The van der Waals surface area contributed by atoms with Gasteiger partial charge in [0.2, 0.25) is 0 Å². The van der Waals surface area contributed by atoms with Crippen molar-refractivity contribution in [1.29, 1.82) is 0 Å². The topological polar surface area (TPSA) is 37.1 Å². The van der Waals surface area contributed by atoms with Crippen LogP contribution in [-0.4, -0.2) is 46.9 Å². The fourth-order valence-corrected chi connectivity index (χ4v) is 1.17. The maximum atomic E-state index is 4.62. The van der Waals surface area contributed by atoms with Gasteiger partial charge in [-0.05, 0) is 10.8 Å². The molecule has 1 aromatic heterocycles. The van der Waals surface area contributed by atoms with Gasteiger partial charge in [-0.1, -0.05) is 109 Å². The Bertz CT molecular complexity index is 401. The minimum Gasteiger partial charge on any atom is -0.152 e. The fourth-order valence-electron chi connectivity index (χ4n) is 0.384. The molecule has 40 heavy (non-hydrogen) atoms. The average Bonchev–Trinajstić information content (AvgIpc) is 3.67. The summed E-state index contributed by atoms with van der Waals surface area (Å²) in [6, 6.07) is 4.04. The second-order valence-corrected chi connectivity index (χ2v) is 8.28. The van der Waals surface area contributed by atoms with Gasteiger partial charge in [0, 0.05) is 0 Å². The minimum atomic E-state index is 1.08. The molecule has 0 saturated carbocycles. The first-order chi connectivity index (χ1) is 19.5. The van der Waals surface area contributed by atoms with Gasteiger partial charge in [-0.2, -0.15) is 11.3 Å². The molecule has 0 aliphatic carbocycles. The molecule has 0 spiro atoms. The molecule has 1 rings (SSSR count). The van der Waals surface area contributed by atoms with Crippen molar-refractivity contribution in [3.05, 3.63) is 22.9 Å². The van der Waals surface area contributed by atoms with Gasteiger partial charge in [-0.25, -0.2) is 0 Å². The first kappa shape index (κ1) is 84.0. The van der Waals surface area contributed by atoms with Gasteiger partial charge in [0.05, 0.1) is 0 Å². The predicted molar refractivity (Wildman–Crippen MR) is 179 cm³/mol. The third-order valence-electron chi connectivity index (χ3n) is 0.816. The SMILES string of the molecule is CC.CC.CC.CC.CC.CC.CC.C[C-]=N[C](C)=[W].C[C-]=[W].[CH-]=N[CH]=[W].[CH-]=N[CH]=[W].[CH-]=[W].[CH-]=[W].c1ccsc1. The third-order valence-corrected chi connectivity index (χ3v) is 2.65. The summed E-state index contributed by atoms with van der Waals surface area (Å²) in [6.45, 7) is 42.9. The monoisotopic (exact) mass is 1600 g/mol. The van der Waals surface area contributed by atoms with Crippen LogP contribution >= 0.6 is 11.3 Å². The van der Waals surface area contributed by atoms with E-state index in [1.54, 1.807) is 27.3 Å². The van der Waals surface area contributed by atoms with Gasteiger partial charge < -0.3 is 0 Å². The van der Waals surface area contributed by atoms with E-state index in [-0.39, 0.29) is 0 Å². The van der Waals surface area contributed by atoms with Crippen molar-refractivity contribution in [2.45, 2.75) is 118 Å². The van der Waals surface area contributed by atoms with Crippen LogP contribution in [-0.2, 0) is 116 Å². The third kappa shape index (κ3) is 420. The van der Waals surface area contributed by atoms with Gasteiger partial charge in [-0.3, -0.25) is 0 Å². The van der Waals surface area contributed by atoms with Crippen LogP contribution in [0.2, 0.25) is 0 Å². The summed E-state index contributed by atoms with van der Waals surface area (Å²) in [6.07, 6.45) is 2.68. The molecular formula is C30H61N3SW6-6. The molecule has 0 unspecified atom stereocenters. The fraction of sp³-hybridized carbons (Fsp3) is 0.567. The molecule has 244 valence electrons. The second kappa shape index (κ2) is 226. The van der Waals surface area contributed by atoms with E-state index in [2.05, 4.69) is 48.8 Å². The van der Waals surface area contributed by atoms with Crippen molar-refractivity contribution in [3.8, 4) is 0 Å². The maximum Gasteiger partial charge on any atom is -0.00934 e. The summed E-state index contributed by atoms with van der Waals surface area (Å²) in [7, 11) is 0. The Balaban J connectivity index is -0.0000000183. The standard InChI is InChI=1S/C4H6N.C4H4S.2C2H2N.7C2H6.C2H3.2CH.6W/c1-3-5-4-2;1-2-4-5-3-1;2*1-3-2;8*1-2;;;;;;;;/h1-2H3;1-4H;2*1-2H;7*1-2H3;1H3;2*1H;;;;;;/q-1;;2*-1;;;;;;;;3*-1;;;;;;. The second-order valence-electron chi connectivity index (χ2n) is 2.36. The Morgan fingerprint density at radius 1 is 0.650 bits per heavy atom. The summed E-state index contributed by atoms with van der Waals surface area (Å²) in [4.78, 5) is 19.3. The van der Waals surface area contributed by atoms with Crippen LogP contribution in [0.3, 0.4) is 0 Å². The Labute approximate surface area is 325 Å². The average molecular weight is 1600 g/mol. The molecule has 0 fully saturated rings. The Kier molecular flexibility index (Phi) is 475. The molecule has 1 aromatic rings. The van der Waals surface area contributed by atoms with Crippen LogP contribution in [0.4, 0.5) is 0 Å². The maximum absolute atomic E-state index is 4.62. The zero-order valence-corrected chi connectivity index (χ0v) is 46.9. The largest absolute Gasteiger partial charge is 0.152 e. The number of aliphatic imine (C=N–C) groups is 3. The van der Waals surface area contributed by atoms with E-state index in [0.717, 1.165) is 42.7 Å². The molecule has 0 bridgehead atoms. The number of thiophene rings is 1. The zero-order chi connectivity index (χ0) is 36.1. The molecule has 10 heteroatoms. The van der Waals surface area contributed by atoms with Crippen LogP contribution in [0.1, 0.15) is 118 Å². The van der Waals surface area contributed by atoms with E-state index < -0.39 is 0 Å². The summed E-state index contributed by atoms with van der Waals surface area (Å²) >= 11 is 9.30. The van der Waals surface area contributed by atoms with E-state index in [9.17, 15) is 0 Å². The smallest absolute Gasteiger partial charge is 0.00934 e. The Hall–Kier alpha value is 2.06. The van der Waals surface area contributed by atoms with Gasteiger partial charge >= 0.3 is 199 Å². The minimum absolute atomic E-state index is 1.08. The van der Waals surface area contributed by atoms with Crippen LogP contribution in [0.25, 0.3) is 0 Å². The van der Waals surface area contributed by atoms with Crippen molar-refractivity contribution >= 4 is 58.3 Å². The normalized spacial score (nSPS) is 5.03. The van der Waals surface area contributed by atoms with Crippen molar-refractivity contribution in [3.63, 3.8) is 0 Å². The van der Waals surface area contributed by atoms with Crippen molar-refractivity contribution in [1.82, 2.24) is 0 Å². The summed E-state index contributed by atoms with van der Waals surface area (Å²) < 4.78 is 7.19. The molecule has 1 heterocycles. The summed E-state index contributed by atoms with van der Waals surface area (Å²) in [5, 5.41) is 4.08. The molecular weight excluding hydrogens is 1540 g/mol. The molecule has 0 aliphatic heterocycles. The summed E-state index contributed by atoms with van der Waals surface area (Å²) in [5.41, 5.74) is 0. The number of rotatable bonds is 3. The predicted octanol–water partition coefficient (Wildman–Crippen LogP) is 9.24. The molecule has 0 saturated heterocycles. The zero-order valence-electron chi connectivity index (χ0n) is 28.5. The van der Waals surface area contributed by atoms with Crippen LogP contribution in [0.15, 0.2) is 37.9 Å². The molecule has 0 N–H and O–H groups in total. The van der Waals surface area contributed by atoms with E-state index in [1.165, 1.54) is 77.4 Å². The van der Waals surface area contributed by atoms with Gasteiger partial charge in [0.1, 0.15) is 0 Å². The molecule has 0 aliphatic rings. The molecule has 3 nitrogen and oxygen atoms in total. The van der Waals surface area contributed by atoms with E-state index >= 15 is 0 Å². The van der Waals surface area contributed by atoms with Crippen molar-refractivity contribution < 1.29 is 116 Å². The summed E-state index contributed by atoms with van der Waals surface area (Å²) in [5.74, 6) is 0.